The van der Waals surface area contributed by atoms with Crippen LogP contribution in [0.5, 0.6) is 5.75 Å². The van der Waals surface area contributed by atoms with Crippen LogP contribution in [0.4, 0.5) is 5.69 Å². The molecule has 0 saturated heterocycles. The van der Waals surface area contributed by atoms with Crippen LogP contribution in [0.3, 0.4) is 0 Å². The average Bonchev–Trinajstić information content (AvgIpc) is 2.28. The molecule has 0 radical (unpaired) electrons. The van der Waals surface area contributed by atoms with Crippen LogP contribution in [0.15, 0.2) is 18.2 Å². The fraction of sp³-hybridized carbons (Fsp3) is 0.500. The standard InChI is InChI=1S/C12H15NO4/c1-17-11-4-3-9(13(15)16)7-10(11)12(8-14)5-2-6-12/h3-4,7,14H,2,5-6,8H2,1H3. The molecular formula is C12H15NO4. The molecule has 0 heterocycles. The van der Waals surface area contributed by atoms with E-state index in [9.17, 15) is 15.2 Å². The third-order valence-corrected chi connectivity index (χ3v) is 3.58. The van der Waals surface area contributed by atoms with E-state index in [0.29, 0.717) is 5.75 Å². The van der Waals surface area contributed by atoms with Gasteiger partial charge in [0.1, 0.15) is 5.75 Å². The van der Waals surface area contributed by atoms with Crippen LogP contribution in [-0.2, 0) is 5.41 Å². The Morgan fingerprint density at radius 2 is 2.24 bits per heavy atom. The first-order valence-electron chi connectivity index (χ1n) is 5.57. The van der Waals surface area contributed by atoms with Gasteiger partial charge in [-0.1, -0.05) is 6.42 Å². The zero-order chi connectivity index (χ0) is 12.5. The number of methoxy groups -OCH3 is 1. The zero-order valence-corrected chi connectivity index (χ0v) is 9.68. The molecule has 1 aliphatic carbocycles. The van der Waals surface area contributed by atoms with Gasteiger partial charge in [-0.25, -0.2) is 0 Å². The Morgan fingerprint density at radius 3 is 2.65 bits per heavy atom. The van der Waals surface area contributed by atoms with E-state index < -0.39 is 4.92 Å². The number of ether oxygens (including phenoxy) is 1. The highest BCUT2D eigenvalue weighted by atomic mass is 16.6. The summed E-state index contributed by atoms with van der Waals surface area (Å²) >= 11 is 0. The molecule has 0 amide bonds. The van der Waals surface area contributed by atoms with Crippen LogP contribution in [0.1, 0.15) is 24.8 Å². The van der Waals surface area contributed by atoms with Crippen LogP contribution in [0.2, 0.25) is 0 Å². The molecule has 5 heteroatoms. The third kappa shape index (κ3) is 1.86. The number of benzene rings is 1. The first-order chi connectivity index (χ1) is 8.13. The van der Waals surface area contributed by atoms with Crippen LogP contribution in [-0.4, -0.2) is 23.7 Å². The van der Waals surface area contributed by atoms with E-state index in [4.69, 9.17) is 4.74 Å². The van der Waals surface area contributed by atoms with Gasteiger partial charge < -0.3 is 9.84 Å². The maximum Gasteiger partial charge on any atom is 0.269 e. The monoisotopic (exact) mass is 237 g/mol. The summed E-state index contributed by atoms with van der Waals surface area (Å²) in [5.41, 5.74) is 0.445. The molecular weight excluding hydrogens is 222 g/mol. The van der Waals surface area contributed by atoms with Gasteiger partial charge in [-0.2, -0.15) is 0 Å². The summed E-state index contributed by atoms with van der Waals surface area (Å²) in [5.74, 6) is 0.615. The fourth-order valence-electron chi connectivity index (χ4n) is 2.34. The van der Waals surface area contributed by atoms with Crippen molar-refractivity contribution in [1.29, 1.82) is 0 Å². The summed E-state index contributed by atoms with van der Waals surface area (Å²) in [6, 6.07) is 4.55. The lowest BCUT2D eigenvalue weighted by atomic mass is 9.64. The maximum atomic E-state index is 10.8. The molecule has 5 nitrogen and oxygen atoms in total. The van der Waals surface area contributed by atoms with E-state index in [-0.39, 0.29) is 17.7 Å². The third-order valence-electron chi connectivity index (χ3n) is 3.58. The number of hydrogen-bond donors (Lipinski definition) is 1. The van der Waals surface area contributed by atoms with Crippen LogP contribution < -0.4 is 4.74 Å². The Balaban J connectivity index is 2.49. The van der Waals surface area contributed by atoms with Crippen molar-refractivity contribution in [1.82, 2.24) is 0 Å². The molecule has 1 aromatic rings. The Hall–Kier alpha value is -1.62. The summed E-state index contributed by atoms with van der Waals surface area (Å²) in [7, 11) is 1.54. The van der Waals surface area contributed by atoms with E-state index in [0.717, 1.165) is 24.8 Å². The molecule has 1 N–H and O–H groups in total. The van der Waals surface area contributed by atoms with Gasteiger partial charge in [-0.3, -0.25) is 10.1 Å². The molecule has 0 aliphatic heterocycles. The predicted octanol–water partition coefficient (Wildman–Crippen LogP) is 2.02. The van der Waals surface area contributed by atoms with E-state index in [1.54, 1.807) is 6.07 Å². The van der Waals surface area contributed by atoms with E-state index in [1.165, 1.54) is 19.2 Å². The van der Waals surface area contributed by atoms with Gasteiger partial charge in [-0.05, 0) is 18.9 Å². The number of non-ortho nitro benzene ring substituents is 1. The Labute approximate surface area is 99.2 Å². The van der Waals surface area contributed by atoms with Gasteiger partial charge in [0, 0.05) is 23.1 Å². The summed E-state index contributed by atoms with van der Waals surface area (Å²) < 4.78 is 5.23. The highest BCUT2D eigenvalue weighted by Crippen LogP contribution is 2.47. The zero-order valence-electron chi connectivity index (χ0n) is 9.68. The van der Waals surface area contributed by atoms with Gasteiger partial charge >= 0.3 is 0 Å². The van der Waals surface area contributed by atoms with Crippen molar-refractivity contribution in [3.63, 3.8) is 0 Å². The lowest BCUT2D eigenvalue weighted by Gasteiger charge is -2.41. The molecule has 1 fully saturated rings. The molecule has 0 atom stereocenters. The Morgan fingerprint density at radius 1 is 1.53 bits per heavy atom. The van der Waals surface area contributed by atoms with Crippen molar-refractivity contribution in [2.75, 3.05) is 13.7 Å². The van der Waals surface area contributed by atoms with E-state index in [2.05, 4.69) is 0 Å². The number of nitrogens with zero attached hydrogens (tertiary/aromatic N) is 1. The van der Waals surface area contributed by atoms with Crippen LogP contribution in [0.25, 0.3) is 0 Å². The summed E-state index contributed by atoms with van der Waals surface area (Å²) in [6.07, 6.45) is 2.73. The van der Waals surface area contributed by atoms with E-state index in [1.807, 2.05) is 0 Å². The number of nitro groups is 1. The molecule has 0 spiro atoms. The highest BCUT2D eigenvalue weighted by Gasteiger charge is 2.41. The summed E-state index contributed by atoms with van der Waals surface area (Å²) in [4.78, 5) is 10.4. The van der Waals surface area contributed by atoms with Gasteiger partial charge in [0.2, 0.25) is 0 Å². The smallest absolute Gasteiger partial charge is 0.269 e. The highest BCUT2D eigenvalue weighted by molar-refractivity contribution is 5.48. The first kappa shape index (κ1) is 11.9. The molecule has 1 aliphatic rings. The number of aliphatic hydroxyl groups is 1. The van der Waals surface area contributed by atoms with Crippen molar-refractivity contribution >= 4 is 5.69 Å². The minimum atomic E-state index is -0.424. The number of nitro benzene ring substituents is 1. The molecule has 17 heavy (non-hydrogen) atoms. The van der Waals surface area contributed by atoms with Crippen molar-refractivity contribution in [2.24, 2.45) is 0 Å². The van der Waals surface area contributed by atoms with Crippen molar-refractivity contribution in [3.8, 4) is 5.75 Å². The second-order valence-electron chi connectivity index (χ2n) is 4.43. The Bertz CT molecular complexity index is 435. The second-order valence-corrected chi connectivity index (χ2v) is 4.43. The van der Waals surface area contributed by atoms with Gasteiger partial charge in [-0.15, -0.1) is 0 Å². The maximum absolute atomic E-state index is 10.8. The molecule has 2 rings (SSSR count). The topological polar surface area (TPSA) is 72.6 Å². The number of hydrogen-bond acceptors (Lipinski definition) is 4. The quantitative estimate of drug-likeness (QED) is 0.642. The minimum absolute atomic E-state index is 0.00449. The summed E-state index contributed by atoms with van der Waals surface area (Å²) in [6.45, 7) is 0.00449. The van der Waals surface area contributed by atoms with Crippen LogP contribution in [0, 0.1) is 10.1 Å². The molecule has 1 saturated carbocycles. The lowest BCUT2D eigenvalue weighted by molar-refractivity contribution is -0.385. The SMILES string of the molecule is COc1ccc([N+](=O)[O-])cc1C1(CO)CCC1. The summed E-state index contributed by atoms with van der Waals surface area (Å²) in [5, 5.41) is 20.3. The average molecular weight is 237 g/mol. The van der Waals surface area contributed by atoms with Gasteiger partial charge in [0.25, 0.3) is 5.69 Å². The lowest BCUT2D eigenvalue weighted by Crippen LogP contribution is -2.38. The molecule has 0 unspecified atom stereocenters. The van der Waals surface area contributed by atoms with Crippen LogP contribution >= 0.6 is 0 Å². The largest absolute Gasteiger partial charge is 0.496 e. The fourth-order valence-corrected chi connectivity index (χ4v) is 2.34. The molecule has 0 bridgehead atoms. The van der Waals surface area contributed by atoms with Crippen molar-refractivity contribution in [2.45, 2.75) is 24.7 Å². The van der Waals surface area contributed by atoms with E-state index >= 15 is 0 Å². The second kappa shape index (κ2) is 4.33. The molecule has 92 valence electrons. The normalized spacial score (nSPS) is 17.3. The molecule has 0 aromatic heterocycles. The minimum Gasteiger partial charge on any atom is -0.496 e. The molecule has 1 aromatic carbocycles. The van der Waals surface area contributed by atoms with Crippen molar-refractivity contribution < 1.29 is 14.8 Å². The number of rotatable bonds is 4. The van der Waals surface area contributed by atoms with Gasteiger partial charge in [0.05, 0.1) is 18.6 Å². The first-order valence-corrected chi connectivity index (χ1v) is 5.57. The van der Waals surface area contributed by atoms with Crippen molar-refractivity contribution in [3.05, 3.63) is 33.9 Å². The Kier molecular flexibility index (Phi) is 3.02. The number of aliphatic hydroxyl groups excluding tert-OH is 1. The van der Waals surface area contributed by atoms with Gasteiger partial charge in [0.15, 0.2) is 0 Å². The predicted molar refractivity (Wildman–Crippen MR) is 62.3 cm³/mol.